The third kappa shape index (κ3) is 3.64. The van der Waals surface area contributed by atoms with Gasteiger partial charge in [0.05, 0.1) is 11.4 Å². The number of carbonyl (C=O) groups is 3. The van der Waals surface area contributed by atoms with E-state index in [-0.39, 0.29) is 17.2 Å². The van der Waals surface area contributed by atoms with Crippen LogP contribution >= 0.6 is 0 Å². The van der Waals surface area contributed by atoms with Crippen molar-refractivity contribution in [2.24, 2.45) is 7.05 Å². The Morgan fingerprint density at radius 2 is 1.71 bits per heavy atom. The van der Waals surface area contributed by atoms with E-state index in [4.69, 9.17) is 0 Å². The predicted octanol–water partition coefficient (Wildman–Crippen LogP) is 2.07. The zero-order valence-corrected chi connectivity index (χ0v) is 17.8. The van der Waals surface area contributed by atoms with Gasteiger partial charge in [0, 0.05) is 7.05 Å². The van der Waals surface area contributed by atoms with Gasteiger partial charge in [-0.1, -0.05) is 43.9 Å². The molecule has 4 rings (SSSR count). The zero-order chi connectivity index (χ0) is 22.2. The molecule has 2 heterocycles. The molecule has 4 amide bonds. The minimum absolute atomic E-state index is 0.132. The van der Waals surface area contributed by atoms with Crippen LogP contribution < -0.4 is 16.2 Å². The van der Waals surface area contributed by atoms with Crippen LogP contribution in [-0.2, 0) is 16.6 Å². The van der Waals surface area contributed by atoms with Gasteiger partial charge in [-0.2, -0.15) is 0 Å². The summed E-state index contributed by atoms with van der Waals surface area (Å²) in [5.74, 6) is -0.929. The Hall–Kier alpha value is -3.36. The van der Waals surface area contributed by atoms with Crippen LogP contribution in [0, 0.1) is 6.92 Å². The van der Waals surface area contributed by atoms with Gasteiger partial charge in [0.15, 0.2) is 0 Å². The summed E-state index contributed by atoms with van der Waals surface area (Å²) in [5.41, 5.74) is 0.100. The molecule has 1 aromatic carbocycles. The first-order valence-corrected chi connectivity index (χ1v) is 10.6. The normalized spacial score (nSPS) is 18.2. The number of para-hydroxylation sites is 1. The molecule has 0 radical (unpaired) electrons. The van der Waals surface area contributed by atoms with Crippen molar-refractivity contribution in [2.75, 3.05) is 11.9 Å². The van der Waals surface area contributed by atoms with Gasteiger partial charge in [-0.25, -0.2) is 9.48 Å². The molecule has 1 aliphatic carbocycles. The summed E-state index contributed by atoms with van der Waals surface area (Å²) >= 11 is 0. The van der Waals surface area contributed by atoms with Crippen LogP contribution in [0.2, 0.25) is 0 Å². The molecule has 1 aliphatic heterocycles. The SMILES string of the molecule is Cc1c(NC(=O)CN2C(=O)NC3(CCCCCC3)C2=O)c(=O)n(-c2ccccc2)n1C. The highest BCUT2D eigenvalue weighted by molar-refractivity contribution is 6.10. The highest BCUT2D eigenvalue weighted by Crippen LogP contribution is 2.32. The Labute approximate surface area is 180 Å². The monoisotopic (exact) mass is 425 g/mol. The maximum absolute atomic E-state index is 13.0. The number of imide groups is 1. The number of urea groups is 1. The standard InChI is InChI=1S/C22H27N5O4/c1-15-18(19(29)27(25(15)2)16-10-6-5-7-11-16)23-17(28)14-26-20(30)22(24-21(26)31)12-8-3-4-9-13-22/h5-7,10-11H,3-4,8-9,12-14H2,1-2H3,(H,23,28)(H,24,31). The fourth-order valence-electron chi connectivity index (χ4n) is 4.53. The molecular weight excluding hydrogens is 398 g/mol. The van der Waals surface area contributed by atoms with Gasteiger partial charge in [0.25, 0.3) is 11.5 Å². The van der Waals surface area contributed by atoms with Crippen molar-refractivity contribution < 1.29 is 14.4 Å². The number of benzene rings is 1. The van der Waals surface area contributed by atoms with E-state index in [0.29, 0.717) is 24.2 Å². The smallest absolute Gasteiger partial charge is 0.323 e. The van der Waals surface area contributed by atoms with Crippen LogP contribution in [0.5, 0.6) is 0 Å². The van der Waals surface area contributed by atoms with Crippen LogP contribution in [0.25, 0.3) is 5.69 Å². The highest BCUT2D eigenvalue weighted by Gasteiger charge is 2.51. The second-order valence-electron chi connectivity index (χ2n) is 8.30. The summed E-state index contributed by atoms with van der Waals surface area (Å²) in [4.78, 5) is 52.1. The predicted molar refractivity (Wildman–Crippen MR) is 115 cm³/mol. The van der Waals surface area contributed by atoms with Crippen molar-refractivity contribution in [3.63, 3.8) is 0 Å². The van der Waals surface area contributed by atoms with Crippen molar-refractivity contribution in [1.82, 2.24) is 19.6 Å². The number of nitrogens with one attached hydrogen (secondary N) is 2. The Morgan fingerprint density at radius 1 is 1.06 bits per heavy atom. The van der Waals surface area contributed by atoms with Gasteiger partial charge in [-0.15, -0.1) is 0 Å². The molecule has 9 nitrogen and oxygen atoms in total. The number of carbonyl (C=O) groups excluding carboxylic acids is 3. The molecule has 2 aliphatic rings. The van der Waals surface area contributed by atoms with Gasteiger partial charge in [-0.3, -0.25) is 24.0 Å². The summed E-state index contributed by atoms with van der Waals surface area (Å²) in [6, 6.07) is 8.55. The van der Waals surface area contributed by atoms with E-state index in [1.165, 1.54) is 4.68 Å². The van der Waals surface area contributed by atoms with Crippen molar-refractivity contribution in [2.45, 2.75) is 51.0 Å². The molecule has 0 bridgehead atoms. The molecule has 2 N–H and O–H groups in total. The second-order valence-corrected chi connectivity index (χ2v) is 8.30. The number of hydrogen-bond donors (Lipinski definition) is 2. The van der Waals surface area contributed by atoms with Crippen molar-refractivity contribution in [1.29, 1.82) is 0 Å². The van der Waals surface area contributed by atoms with E-state index < -0.39 is 24.0 Å². The molecule has 31 heavy (non-hydrogen) atoms. The average molecular weight is 425 g/mol. The number of aromatic nitrogens is 2. The summed E-state index contributed by atoms with van der Waals surface area (Å²) in [6.07, 6.45) is 4.99. The fraction of sp³-hybridized carbons (Fsp3) is 0.455. The molecule has 1 saturated carbocycles. The van der Waals surface area contributed by atoms with Gasteiger partial charge < -0.3 is 10.6 Å². The number of amides is 4. The molecule has 164 valence electrons. The number of nitrogens with zero attached hydrogens (tertiary/aromatic N) is 3. The van der Waals surface area contributed by atoms with E-state index in [0.717, 1.165) is 30.6 Å². The van der Waals surface area contributed by atoms with Crippen LogP contribution in [0.3, 0.4) is 0 Å². The van der Waals surface area contributed by atoms with Crippen molar-refractivity contribution >= 4 is 23.5 Å². The first-order valence-electron chi connectivity index (χ1n) is 10.6. The van der Waals surface area contributed by atoms with E-state index in [2.05, 4.69) is 10.6 Å². The molecular formula is C22H27N5O4. The molecule has 1 aromatic heterocycles. The van der Waals surface area contributed by atoms with Gasteiger partial charge in [-0.05, 0) is 31.9 Å². The molecule has 1 spiro atoms. The lowest BCUT2D eigenvalue weighted by Crippen LogP contribution is -2.47. The zero-order valence-electron chi connectivity index (χ0n) is 17.8. The largest absolute Gasteiger partial charge is 0.325 e. The molecule has 2 fully saturated rings. The first kappa shape index (κ1) is 20.9. The van der Waals surface area contributed by atoms with Crippen LogP contribution in [0.1, 0.15) is 44.2 Å². The number of anilines is 1. The summed E-state index contributed by atoms with van der Waals surface area (Å²) < 4.78 is 3.11. The van der Waals surface area contributed by atoms with Crippen LogP contribution in [0.4, 0.5) is 10.5 Å². The highest BCUT2D eigenvalue weighted by atomic mass is 16.2. The lowest BCUT2D eigenvalue weighted by atomic mass is 9.90. The molecule has 0 unspecified atom stereocenters. The third-order valence-electron chi connectivity index (χ3n) is 6.32. The summed E-state index contributed by atoms with van der Waals surface area (Å²) in [5, 5.41) is 5.44. The van der Waals surface area contributed by atoms with Gasteiger partial charge in [0.2, 0.25) is 5.91 Å². The topological polar surface area (TPSA) is 105 Å². The Balaban J connectivity index is 1.53. The maximum Gasteiger partial charge on any atom is 0.325 e. The quantitative estimate of drug-likeness (QED) is 0.732. The fourth-order valence-corrected chi connectivity index (χ4v) is 4.53. The lowest BCUT2D eigenvalue weighted by Gasteiger charge is -2.24. The third-order valence-corrected chi connectivity index (χ3v) is 6.32. The summed E-state index contributed by atoms with van der Waals surface area (Å²) in [6.45, 7) is 1.30. The summed E-state index contributed by atoms with van der Waals surface area (Å²) in [7, 11) is 1.73. The minimum atomic E-state index is -0.892. The molecule has 1 saturated heterocycles. The van der Waals surface area contributed by atoms with E-state index in [9.17, 15) is 19.2 Å². The van der Waals surface area contributed by atoms with E-state index in [1.54, 1.807) is 30.8 Å². The van der Waals surface area contributed by atoms with Crippen LogP contribution in [0.15, 0.2) is 35.1 Å². The molecule has 2 aromatic rings. The minimum Gasteiger partial charge on any atom is -0.323 e. The van der Waals surface area contributed by atoms with Gasteiger partial charge in [0.1, 0.15) is 17.8 Å². The second kappa shape index (κ2) is 8.05. The van der Waals surface area contributed by atoms with E-state index in [1.807, 2.05) is 18.2 Å². The van der Waals surface area contributed by atoms with Crippen molar-refractivity contribution in [3.05, 3.63) is 46.4 Å². The maximum atomic E-state index is 13.0. The Morgan fingerprint density at radius 3 is 2.35 bits per heavy atom. The molecule has 9 heteroatoms. The number of hydrogen-bond acceptors (Lipinski definition) is 4. The first-order chi connectivity index (χ1) is 14.8. The molecule has 0 atom stereocenters. The lowest BCUT2D eigenvalue weighted by molar-refractivity contribution is -0.134. The van der Waals surface area contributed by atoms with Gasteiger partial charge >= 0.3 is 6.03 Å². The van der Waals surface area contributed by atoms with Crippen molar-refractivity contribution in [3.8, 4) is 5.69 Å². The Bertz CT molecular complexity index is 1080. The average Bonchev–Trinajstić information content (AvgIpc) is 3.00. The Kier molecular flexibility index (Phi) is 5.43. The number of rotatable bonds is 4. The van der Waals surface area contributed by atoms with E-state index >= 15 is 0 Å². The van der Waals surface area contributed by atoms with Crippen LogP contribution in [-0.4, -0.2) is 44.2 Å².